The summed E-state index contributed by atoms with van der Waals surface area (Å²) >= 11 is 0. The van der Waals surface area contributed by atoms with Gasteiger partial charge in [0.1, 0.15) is 0 Å². The first-order valence-corrected chi connectivity index (χ1v) is 6.50. The van der Waals surface area contributed by atoms with Gasteiger partial charge < -0.3 is 5.11 Å². The van der Waals surface area contributed by atoms with Crippen LogP contribution in [0.15, 0.2) is 65.5 Å². The van der Waals surface area contributed by atoms with Crippen LogP contribution in [0.1, 0.15) is 5.56 Å². The lowest BCUT2D eigenvalue weighted by molar-refractivity contribution is -0.129. The molecule has 0 fully saturated rings. The lowest BCUT2D eigenvalue weighted by Gasteiger charge is -2.10. The summed E-state index contributed by atoms with van der Waals surface area (Å²) in [5.41, 5.74) is 0.901. The van der Waals surface area contributed by atoms with E-state index in [0.717, 1.165) is 5.01 Å². The third-order valence-corrected chi connectivity index (χ3v) is 3.08. The number of hydrazone groups is 1. The number of carboxylic acid groups (broad SMARTS) is 1. The van der Waals surface area contributed by atoms with Crippen LogP contribution in [0, 0.1) is 0 Å². The maximum atomic E-state index is 12.5. The van der Waals surface area contributed by atoms with Crippen molar-refractivity contribution in [3.05, 3.63) is 66.0 Å². The Bertz CT molecular complexity index is 783. The van der Waals surface area contributed by atoms with Crippen molar-refractivity contribution in [1.29, 1.82) is 0 Å². The van der Waals surface area contributed by atoms with Crippen LogP contribution in [0.2, 0.25) is 0 Å². The Morgan fingerprint density at radius 1 is 1.14 bits per heavy atom. The maximum Gasteiger partial charge on any atom is 0.357 e. The number of aromatic nitrogens is 1. The number of anilines is 1. The number of hydrogen-bond donors (Lipinski definition) is 1. The van der Waals surface area contributed by atoms with E-state index in [0.29, 0.717) is 11.3 Å². The van der Waals surface area contributed by atoms with Gasteiger partial charge in [-0.3, -0.25) is 9.78 Å². The molecule has 108 valence electrons. The zero-order valence-corrected chi connectivity index (χ0v) is 11.4. The van der Waals surface area contributed by atoms with E-state index in [2.05, 4.69) is 10.1 Å². The first kappa shape index (κ1) is 13.7. The highest BCUT2D eigenvalue weighted by molar-refractivity contribution is 6.53. The van der Waals surface area contributed by atoms with Gasteiger partial charge in [0.05, 0.1) is 11.3 Å². The fraction of sp³-hybridized carbons (Fsp3) is 0. The Kier molecular flexibility index (Phi) is 3.49. The molecule has 0 aliphatic carbocycles. The second kappa shape index (κ2) is 5.61. The Labute approximate surface area is 126 Å². The second-order valence-corrected chi connectivity index (χ2v) is 4.55. The molecule has 0 bridgehead atoms. The van der Waals surface area contributed by atoms with Crippen molar-refractivity contribution in [2.75, 3.05) is 5.01 Å². The van der Waals surface area contributed by atoms with E-state index in [-0.39, 0.29) is 11.3 Å². The summed E-state index contributed by atoms with van der Waals surface area (Å²) in [6.45, 7) is 0. The number of benzene rings is 1. The fourth-order valence-corrected chi connectivity index (χ4v) is 2.07. The molecule has 0 atom stereocenters. The lowest BCUT2D eigenvalue weighted by atomic mass is 10.1. The molecule has 0 saturated carbocycles. The number of carboxylic acids is 1. The topological polar surface area (TPSA) is 82.9 Å². The zero-order valence-electron chi connectivity index (χ0n) is 11.4. The first-order chi connectivity index (χ1) is 10.7. The minimum Gasteiger partial charge on any atom is -0.476 e. The highest BCUT2D eigenvalue weighted by Gasteiger charge is 2.34. The van der Waals surface area contributed by atoms with Crippen molar-refractivity contribution in [3.63, 3.8) is 0 Å². The van der Waals surface area contributed by atoms with E-state index < -0.39 is 11.9 Å². The van der Waals surface area contributed by atoms with Gasteiger partial charge in [0.25, 0.3) is 5.91 Å². The van der Waals surface area contributed by atoms with Gasteiger partial charge in [-0.15, -0.1) is 0 Å². The average molecular weight is 293 g/mol. The van der Waals surface area contributed by atoms with Crippen LogP contribution < -0.4 is 5.01 Å². The van der Waals surface area contributed by atoms with Crippen molar-refractivity contribution in [3.8, 4) is 0 Å². The monoisotopic (exact) mass is 293 g/mol. The number of pyridine rings is 1. The number of para-hydroxylation sites is 1. The molecule has 1 aliphatic heterocycles. The smallest absolute Gasteiger partial charge is 0.357 e. The molecule has 2 aromatic rings. The quantitative estimate of drug-likeness (QED) is 0.877. The number of carbonyl (C=O) groups excluding carboxylic acids is 1. The average Bonchev–Trinajstić information content (AvgIpc) is 2.87. The van der Waals surface area contributed by atoms with Crippen LogP contribution in [-0.2, 0) is 9.59 Å². The number of aliphatic carboxylic acids is 1. The molecule has 22 heavy (non-hydrogen) atoms. The van der Waals surface area contributed by atoms with Gasteiger partial charge in [0, 0.05) is 12.4 Å². The zero-order chi connectivity index (χ0) is 15.5. The largest absolute Gasteiger partial charge is 0.476 e. The Morgan fingerprint density at radius 3 is 2.55 bits per heavy atom. The molecule has 6 heteroatoms. The summed E-state index contributed by atoms with van der Waals surface area (Å²) in [4.78, 5) is 27.8. The van der Waals surface area contributed by atoms with Crippen LogP contribution in [0.3, 0.4) is 0 Å². The molecule has 1 amide bonds. The molecular formula is C16H11N3O3. The number of hydrogen-bond acceptors (Lipinski definition) is 4. The third-order valence-electron chi connectivity index (χ3n) is 3.08. The summed E-state index contributed by atoms with van der Waals surface area (Å²) in [7, 11) is 0. The summed E-state index contributed by atoms with van der Waals surface area (Å²) in [5.74, 6) is -1.73. The molecule has 1 aliphatic rings. The van der Waals surface area contributed by atoms with Gasteiger partial charge in [-0.25, -0.2) is 4.79 Å². The van der Waals surface area contributed by atoms with E-state index in [1.54, 1.807) is 54.9 Å². The van der Waals surface area contributed by atoms with Crippen LogP contribution in [0.25, 0.3) is 6.08 Å². The number of amides is 1. The standard InChI is InChI=1S/C16H11N3O3/c20-15-13(9-11-5-4-8-17-10-11)14(16(21)22)18-19(15)12-6-2-1-3-7-12/h1-10H,(H,21,22). The van der Waals surface area contributed by atoms with Gasteiger partial charge in [-0.1, -0.05) is 24.3 Å². The molecular weight excluding hydrogens is 282 g/mol. The molecule has 3 rings (SSSR count). The van der Waals surface area contributed by atoms with Crippen LogP contribution in [-0.4, -0.2) is 27.7 Å². The lowest BCUT2D eigenvalue weighted by Crippen LogP contribution is -2.22. The Balaban J connectivity index is 2.05. The summed E-state index contributed by atoms with van der Waals surface area (Å²) in [5, 5.41) is 14.3. The van der Waals surface area contributed by atoms with Gasteiger partial charge in [-0.05, 0) is 29.8 Å². The van der Waals surface area contributed by atoms with Crippen molar-refractivity contribution < 1.29 is 14.7 Å². The summed E-state index contributed by atoms with van der Waals surface area (Å²) in [6, 6.07) is 12.1. The highest BCUT2D eigenvalue weighted by Crippen LogP contribution is 2.24. The van der Waals surface area contributed by atoms with E-state index in [1.807, 2.05) is 0 Å². The molecule has 6 nitrogen and oxygen atoms in total. The second-order valence-electron chi connectivity index (χ2n) is 4.55. The molecule has 1 N–H and O–H groups in total. The van der Waals surface area contributed by atoms with E-state index >= 15 is 0 Å². The number of carbonyl (C=O) groups is 2. The first-order valence-electron chi connectivity index (χ1n) is 6.50. The fourth-order valence-electron chi connectivity index (χ4n) is 2.07. The van der Waals surface area contributed by atoms with Gasteiger partial charge in [-0.2, -0.15) is 10.1 Å². The van der Waals surface area contributed by atoms with Crippen molar-refractivity contribution in [2.24, 2.45) is 5.10 Å². The van der Waals surface area contributed by atoms with Gasteiger partial charge in [0.15, 0.2) is 5.71 Å². The molecule has 0 spiro atoms. The third kappa shape index (κ3) is 2.49. The molecule has 0 saturated heterocycles. The number of rotatable bonds is 3. The van der Waals surface area contributed by atoms with E-state index in [1.165, 1.54) is 6.08 Å². The normalized spacial score (nSPS) is 16.0. The molecule has 2 heterocycles. The van der Waals surface area contributed by atoms with Crippen LogP contribution in [0.5, 0.6) is 0 Å². The van der Waals surface area contributed by atoms with E-state index in [4.69, 9.17) is 0 Å². The van der Waals surface area contributed by atoms with Crippen LogP contribution in [0.4, 0.5) is 5.69 Å². The highest BCUT2D eigenvalue weighted by atomic mass is 16.4. The molecule has 0 unspecified atom stereocenters. The van der Waals surface area contributed by atoms with Gasteiger partial charge in [0.2, 0.25) is 0 Å². The van der Waals surface area contributed by atoms with Crippen LogP contribution >= 0.6 is 0 Å². The minimum atomic E-state index is -1.25. The predicted molar refractivity (Wildman–Crippen MR) is 81.2 cm³/mol. The van der Waals surface area contributed by atoms with E-state index in [9.17, 15) is 14.7 Å². The molecule has 1 aromatic heterocycles. The van der Waals surface area contributed by atoms with Crippen molar-refractivity contribution >= 4 is 29.4 Å². The molecule has 0 radical (unpaired) electrons. The Hall–Kier alpha value is -3.28. The van der Waals surface area contributed by atoms with Crippen molar-refractivity contribution in [2.45, 2.75) is 0 Å². The SMILES string of the molecule is O=C(O)C1=NN(c2ccccc2)C(=O)C1=Cc1cccnc1. The summed E-state index contributed by atoms with van der Waals surface area (Å²) in [6.07, 6.45) is 4.62. The van der Waals surface area contributed by atoms with Gasteiger partial charge >= 0.3 is 5.97 Å². The van der Waals surface area contributed by atoms with Crippen molar-refractivity contribution in [1.82, 2.24) is 4.98 Å². The minimum absolute atomic E-state index is 0.0318. The molecule has 1 aromatic carbocycles. The summed E-state index contributed by atoms with van der Waals surface area (Å²) < 4.78 is 0. The Morgan fingerprint density at radius 2 is 1.91 bits per heavy atom. The predicted octanol–water partition coefficient (Wildman–Crippen LogP) is 1.95. The maximum absolute atomic E-state index is 12.5. The number of nitrogens with zero attached hydrogens (tertiary/aromatic N) is 3.